The van der Waals surface area contributed by atoms with Crippen molar-refractivity contribution >= 4 is 45.7 Å². The van der Waals surface area contributed by atoms with E-state index in [1.165, 1.54) is 12.3 Å². The van der Waals surface area contributed by atoms with Gasteiger partial charge in [0.05, 0.1) is 45.6 Å². The molecule has 1 aromatic carbocycles. The van der Waals surface area contributed by atoms with Crippen LogP contribution < -0.4 is 10.2 Å². The maximum Gasteiger partial charge on any atom is 0.227 e. The molecule has 0 amide bonds. The molecule has 0 aliphatic carbocycles. The second kappa shape index (κ2) is 10.6. The van der Waals surface area contributed by atoms with E-state index in [1.807, 2.05) is 32.8 Å². The number of rotatable bonds is 5. The lowest BCUT2D eigenvalue weighted by atomic mass is 10.1. The van der Waals surface area contributed by atoms with Crippen LogP contribution in [0, 0.1) is 18.8 Å². The van der Waals surface area contributed by atoms with Crippen molar-refractivity contribution in [1.29, 1.82) is 0 Å². The number of ether oxygens (including phenoxy) is 3. The first-order valence-corrected chi connectivity index (χ1v) is 12.4. The number of hydrogen-bond acceptors (Lipinski definition) is 6. The average molecular weight is 551 g/mol. The standard InChI is InChI=1S/C26H26Cl3N3O4/c1-15-9-21(33)22-24(20(29)12-30-25(22)34-13-17-14-35-26(2,3)36-17)32(15)23-18(27)10-16(11-19(23)28)7-6-8-31(4)5/h9-12,17H,8,13-14H2,1-5H3. The summed E-state index contributed by atoms with van der Waals surface area (Å²) in [6, 6.07) is 4.95. The summed E-state index contributed by atoms with van der Waals surface area (Å²) < 4.78 is 19.1. The van der Waals surface area contributed by atoms with Crippen molar-refractivity contribution in [3.8, 4) is 23.4 Å². The Morgan fingerprint density at radius 1 is 1.19 bits per heavy atom. The molecule has 1 aliphatic rings. The Kier molecular flexibility index (Phi) is 7.86. The van der Waals surface area contributed by atoms with E-state index in [2.05, 4.69) is 16.8 Å². The molecule has 1 saturated heterocycles. The highest BCUT2D eigenvalue weighted by atomic mass is 35.5. The Balaban J connectivity index is 1.81. The predicted molar refractivity (Wildman–Crippen MR) is 143 cm³/mol. The van der Waals surface area contributed by atoms with Gasteiger partial charge in [-0.15, -0.1) is 0 Å². The first kappa shape index (κ1) is 26.7. The number of aryl methyl sites for hydroxylation is 1. The Bertz CT molecular complexity index is 1420. The van der Waals surface area contributed by atoms with Crippen molar-refractivity contribution in [2.75, 3.05) is 33.9 Å². The van der Waals surface area contributed by atoms with E-state index >= 15 is 0 Å². The molecule has 0 saturated carbocycles. The van der Waals surface area contributed by atoms with Crippen molar-refractivity contribution in [3.63, 3.8) is 0 Å². The number of aromatic nitrogens is 2. The molecule has 0 N–H and O–H groups in total. The molecule has 0 spiro atoms. The smallest absolute Gasteiger partial charge is 0.227 e. The summed E-state index contributed by atoms with van der Waals surface area (Å²) in [4.78, 5) is 19.4. The van der Waals surface area contributed by atoms with E-state index in [9.17, 15) is 4.79 Å². The van der Waals surface area contributed by atoms with Crippen molar-refractivity contribution in [2.24, 2.45) is 0 Å². The van der Waals surface area contributed by atoms with E-state index in [0.29, 0.717) is 45.7 Å². The van der Waals surface area contributed by atoms with E-state index in [1.54, 1.807) is 23.6 Å². The van der Waals surface area contributed by atoms with Crippen LogP contribution in [0.5, 0.6) is 5.88 Å². The van der Waals surface area contributed by atoms with Gasteiger partial charge in [0.2, 0.25) is 5.88 Å². The van der Waals surface area contributed by atoms with Gasteiger partial charge >= 0.3 is 0 Å². The largest absolute Gasteiger partial charge is 0.474 e. The highest BCUT2D eigenvalue weighted by Gasteiger charge is 2.33. The second-order valence-electron chi connectivity index (χ2n) is 9.21. The highest BCUT2D eigenvalue weighted by molar-refractivity contribution is 6.38. The topological polar surface area (TPSA) is 65.8 Å². The summed E-state index contributed by atoms with van der Waals surface area (Å²) in [5.74, 6) is 5.58. The minimum absolute atomic E-state index is 0.139. The lowest BCUT2D eigenvalue weighted by molar-refractivity contribution is -0.141. The fourth-order valence-electron chi connectivity index (χ4n) is 3.97. The van der Waals surface area contributed by atoms with E-state index in [0.717, 1.165) is 0 Å². The van der Waals surface area contributed by atoms with Crippen LogP contribution in [0.4, 0.5) is 0 Å². The lowest BCUT2D eigenvalue weighted by Gasteiger charge is -2.20. The predicted octanol–water partition coefficient (Wildman–Crippen LogP) is 5.10. The molecule has 1 aliphatic heterocycles. The zero-order valence-corrected chi connectivity index (χ0v) is 22.9. The molecule has 1 unspecified atom stereocenters. The van der Waals surface area contributed by atoms with Gasteiger partial charge in [-0.1, -0.05) is 46.6 Å². The number of fused-ring (bicyclic) bond motifs is 1. The van der Waals surface area contributed by atoms with Crippen LogP contribution in [0.15, 0.2) is 29.2 Å². The summed E-state index contributed by atoms with van der Waals surface area (Å²) >= 11 is 20.0. The van der Waals surface area contributed by atoms with Crippen LogP contribution in [-0.4, -0.2) is 60.2 Å². The van der Waals surface area contributed by atoms with Crippen molar-refractivity contribution in [1.82, 2.24) is 14.5 Å². The average Bonchev–Trinajstić information content (AvgIpc) is 3.13. The van der Waals surface area contributed by atoms with Crippen LogP contribution in [0.25, 0.3) is 16.6 Å². The fraction of sp³-hybridized carbons (Fsp3) is 0.385. The Hall–Kier alpha value is -2.31. The minimum atomic E-state index is -0.691. The third-order valence-corrected chi connectivity index (χ3v) is 6.33. The van der Waals surface area contributed by atoms with Gasteiger partial charge in [-0.05, 0) is 47.0 Å². The molecule has 4 rings (SSSR count). The third kappa shape index (κ3) is 5.65. The summed E-state index contributed by atoms with van der Waals surface area (Å²) in [5, 5.41) is 1.19. The molecule has 7 nitrogen and oxygen atoms in total. The van der Waals surface area contributed by atoms with Gasteiger partial charge in [0.1, 0.15) is 18.1 Å². The fourth-order valence-corrected chi connectivity index (χ4v) is 4.85. The number of halogens is 3. The lowest BCUT2D eigenvalue weighted by Crippen LogP contribution is -2.25. The third-order valence-electron chi connectivity index (χ3n) is 5.48. The second-order valence-corrected chi connectivity index (χ2v) is 10.4. The molecule has 1 atom stereocenters. The molecule has 3 heterocycles. The normalized spacial score (nSPS) is 16.9. The highest BCUT2D eigenvalue weighted by Crippen LogP contribution is 2.36. The molecule has 0 radical (unpaired) electrons. The van der Waals surface area contributed by atoms with Gasteiger partial charge in [0.25, 0.3) is 0 Å². The monoisotopic (exact) mass is 549 g/mol. The summed E-state index contributed by atoms with van der Waals surface area (Å²) in [6.45, 7) is 6.57. The van der Waals surface area contributed by atoms with Crippen LogP contribution >= 0.6 is 34.8 Å². The van der Waals surface area contributed by atoms with E-state index in [-0.39, 0.29) is 34.4 Å². The van der Waals surface area contributed by atoms with Gasteiger partial charge < -0.3 is 18.8 Å². The van der Waals surface area contributed by atoms with Gasteiger partial charge in [0, 0.05) is 17.3 Å². The molecular formula is C26H26Cl3N3O4. The van der Waals surface area contributed by atoms with Gasteiger partial charge in [-0.2, -0.15) is 0 Å². The zero-order valence-electron chi connectivity index (χ0n) is 20.6. The van der Waals surface area contributed by atoms with Gasteiger partial charge in [-0.3, -0.25) is 9.69 Å². The molecule has 190 valence electrons. The van der Waals surface area contributed by atoms with Crippen LogP contribution in [0.3, 0.4) is 0 Å². The first-order valence-electron chi connectivity index (χ1n) is 11.3. The quantitative estimate of drug-likeness (QED) is 0.412. The maximum atomic E-state index is 13.1. The van der Waals surface area contributed by atoms with Crippen molar-refractivity contribution in [2.45, 2.75) is 32.7 Å². The van der Waals surface area contributed by atoms with E-state index < -0.39 is 5.79 Å². The molecule has 1 fully saturated rings. The van der Waals surface area contributed by atoms with Crippen LogP contribution in [0.1, 0.15) is 25.1 Å². The number of hydrogen-bond donors (Lipinski definition) is 0. The Morgan fingerprint density at radius 3 is 2.50 bits per heavy atom. The molecule has 2 aromatic heterocycles. The van der Waals surface area contributed by atoms with Crippen molar-refractivity contribution < 1.29 is 14.2 Å². The van der Waals surface area contributed by atoms with Gasteiger partial charge in [0.15, 0.2) is 11.2 Å². The SMILES string of the molecule is Cc1cc(=O)c2c(OCC3COC(C)(C)O3)ncc(Cl)c2n1-c1c(Cl)cc(C#CCN(C)C)cc1Cl. The van der Waals surface area contributed by atoms with E-state index in [4.69, 9.17) is 49.0 Å². The number of benzene rings is 1. The van der Waals surface area contributed by atoms with Crippen LogP contribution in [0.2, 0.25) is 15.1 Å². The number of nitrogens with zero attached hydrogens (tertiary/aromatic N) is 3. The van der Waals surface area contributed by atoms with Gasteiger partial charge in [-0.25, -0.2) is 4.98 Å². The number of pyridine rings is 2. The maximum absolute atomic E-state index is 13.1. The Labute approximate surface area is 224 Å². The molecule has 0 bridgehead atoms. The van der Waals surface area contributed by atoms with Crippen molar-refractivity contribution in [3.05, 3.63) is 60.9 Å². The summed E-state index contributed by atoms with van der Waals surface area (Å²) in [7, 11) is 3.88. The Morgan fingerprint density at radius 2 is 1.89 bits per heavy atom. The zero-order chi connectivity index (χ0) is 26.2. The molecule has 36 heavy (non-hydrogen) atoms. The summed E-state index contributed by atoms with van der Waals surface area (Å²) in [5.41, 5.74) is 1.86. The molecular weight excluding hydrogens is 525 g/mol. The van der Waals surface area contributed by atoms with Crippen LogP contribution in [-0.2, 0) is 9.47 Å². The summed E-state index contributed by atoms with van der Waals surface area (Å²) in [6.07, 6.45) is 1.14. The molecule has 10 heteroatoms. The minimum Gasteiger partial charge on any atom is -0.474 e. The molecule has 3 aromatic rings. The first-order chi connectivity index (χ1) is 17.0.